The normalized spacial score (nSPS) is 17.4. The summed E-state index contributed by atoms with van der Waals surface area (Å²) in [6.07, 6.45) is 0. The molecular weight excluding hydrogens is 273 g/mol. The van der Waals surface area contributed by atoms with Crippen molar-refractivity contribution in [1.82, 2.24) is 4.31 Å². The van der Waals surface area contributed by atoms with Gasteiger partial charge in [-0.05, 0) is 18.2 Å². The number of hydrogen-bond donors (Lipinski definition) is 2. The molecule has 0 amide bonds. The Labute approximate surface area is 111 Å². The lowest BCUT2D eigenvalue weighted by Crippen LogP contribution is -2.43. The zero-order valence-electron chi connectivity index (χ0n) is 10.3. The molecule has 2 rings (SSSR count). The lowest BCUT2D eigenvalue weighted by molar-refractivity contribution is 0.0733. The van der Waals surface area contributed by atoms with Gasteiger partial charge < -0.3 is 10.5 Å². The number of nitrogens with zero attached hydrogens (tertiary/aromatic N) is 1. The molecule has 0 unspecified atom stereocenters. The average Bonchev–Trinajstić information content (AvgIpc) is 2.42. The van der Waals surface area contributed by atoms with Crippen molar-refractivity contribution in [2.24, 2.45) is 5.73 Å². The summed E-state index contributed by atoms with van der Waals surface area (Å²) >= 11 is 0. The van der Waals surface area contributed by atoms with Crippen LogP contribution >= 0.6 is 0 Å². The second kappa shape index (κ2) is 5.83. The largest absolute Gasteiger partial charge is 0.379 e. The maximum Gasteiger partial charge on any atom is 0.301 e. The van der Waals surface area contributed by atoms with Crippen molar-refractivity contribution < 1.29 is 17.5 Å². The first-order chi connectivity index (χ1) is 9.03. The van der Waals surface area contributed by atoms with Gasteiger partial charge in [0.2, 0.25) is 0 Å². The number of morpholine rings is 1. The molecule has 8 heteroatoms. The Bertz CT molecular complexity index is 544. The molecule has 3 N–H and O–H groups in total. The lowest BCUT2D eigenvalue weighted by Gasteiger charge is -2.26. The number of ether oxygens (including phenoxy) is 1. The van der Waals surface area contributed by atoms with E-state index in [9.17, 15) is 12.8 Å². The van der Waals surface area contributed by atoms with Crippen LogP contribution in [0.3, 0.4) is 0 Å². The summed E-state index contributed by atoms with van der Waals surface area (Å²) < 4.78 is 46.2. The van der Waals surface area contributed by atoms with Gasteiger partial charge in [0.05, 0.1) is 18.9 Å². The Hall–Kier alpha value is -1.22. The van der Waals surface area contributed by atoms with E-state index in [1.54, 1.807) is 0 Å². The van der Waals surface area contributed by atoms with Gasteiger partial charge in [-0.3, -0.25) is 4.72 Å². The minimum absolute atomic E-state index is 0.0129. The van der Waals surface area contributed by atoms with Crippen molar-refractivity contribution in [3.8, 4) is 0 Å². The number of anilines is 1. The van der Waals surface area contributed by atoms with E-state index in [0.717, 1.165) is 0 Å². The zero-order valence-corrected chi connectivity index (χ0v) is 11.1. The van der Waals surface area contributed by atoms with Gasteiger partial charge in [0.15, 0.2) is 0 Å². The van der Waals surface area contributed by atoms with Crippen LogP contribution in [-0.2, 0) is 21.5 Å². The number of nitrogens with one attached hydrogen (secondary N) is 1. The second-order valence-electron chi connectivity index (χ2n) is 4.13. The number of hydrogen-bond acceptors (Lipinski definition) is 4. The predicted molar refractivity (Wildman–Crippen MR) is 69.2 cm³/mol. The molecule has 1 aromatic rings. The Balaban J connectivity index is 2.15. The smallest absolute Gasteiger partial charge is 0.301 e. The summed E-state index contributed by atoms with van der Waals surface area (Å²) in [5.74, 6) is -0.447. The van der Waals surface area contributed by atoms with Crippen LogP contribution in [0, 0.1) is 5.82 Å². The van der Waals surface area contributed by atoms with E-state index in [2.05, 4.69) is 4.72 Å². The third-order valence-electron chi connectivity index (χ3n) is 2.82. The number of halogens is 1. The van der Waals surface area contributed by atoms with Crippen molar-refractivity contribution in [3.63, 3.8) is 0 Å². The van der Waals surface area contributed by atoms with E-state index in [1.807, 2.05) is 0 Å². The van der Waals surface area contributed by atoms with Crippen LogP contribution in [0.2, 0.25) is 0 Å². The van der Waals surface area contributed by atoms with Crippen LogP contribution in [-0.4, -0.2) is 39.0 Å². The van der Waals surface area contributed by atoms with Crippen molar-refractivity contribution in [1.29, 1.82) is 0 Å². The topological polar surface area (TPSA) is 84.7 Å². The maximum absolute atomic E-state index is 13.3. The molecule has 1 heterocycles. The second-order valence-corrected chi connectivity index (χ2v) is 5.80. The molecule has 0 aliphatic carbocycles. The molecule has 6 nitrogen and oxygen atoms in total. The molecular formula is C11H16FN3O3S. The fourth-order valence-electron chi connectivity index (χ4n) is 1.80. The van der Waals surface area contributed by atoms with Crippen LogP contribution in [0.1, 0.15) is 5.56 Å². The molecule has 0 saturated carbocycles. The first-order valence-electron chi connectivity index (χ1n) is 5.87. The molecule has 0 bridgehead atoms. The van der Waals surface area contributed by atoms with Crippen LogP contribution < -0.4 is 10.5 Å². The lowest BCUT2D eigenvalue weighted by atomic mass is 10.2. The van der Waals surface area contributed by atoms with Crippen molar-refractivity contribution >= 4 is 15.9 Å². The highest BCUT2D eigenvalue weighted by Gasteiger charge is 2.24. The van der Waals surface area contributed by atoms with E-state index in [1.165, 1.54) is 22.5 Å². The van der Waals surface area contributed by atoms with Gasteiger partial charge in [-0.2, -0.15) is 12.7 Å². The number of nitrogens with two attached hydrogens (primary N) is 1. The van der Waals surface area contributed by atoms with E-state index < -0.39 is 16.0 Å². The Morgan fingerprint density at radius 2 is 2.05 bits per heavy atom. The number of benzene rings is 1. The summed E-state index contributed by atoms with van der Waals surface area (Å²) in [5.41, 5.74) is 5.95. The van der Waals surface area contributed by atoms with E-state index in [-0.39, 0.29) is 12.1 Å². The molecule has 0 aromatic heterocycles. The summed E-state index contributed by atoms with van der Waals surface area (Å²) in [7, 11) is -3.63. The maximum atomic E-state index is 13.3. The van der Waals surface area contributed by atoms with Crippen LogP contribution in [0.4, 0.5) is 10.1 Å². The minimum Gasteiger partial charge on any atom is -0.379 e. The van der Waals surface area contributed by atoms with E-state index in [0.29, 0.717) is 32.0 Å². The highest BCUT2D eigenvalue weighted by molar-refractivity contribution is 7.90. The quantitative estimate of drug-likeness (QED) is 0.833. The summed E-state index contributed by atoms with van der Waals surface area (Å²) in [6, 6.07) is 3.96. The van der Waals surface area contributed by atoms with E-state index >= 15 is 0 Å². The SMILES string of the molecule is NCc1cc(NS(=O)(=O)N2CCOCC2)ccc1F. The van der Waals surface area contributed by atoms with Gasteiger partial charge in [-0.1, -0.05) is 0 Å². The fourth-order valence-corrected chi connectivity index (χ4v) is 2.98. The van der Waals surface area contributed by atoms with Gasteiger partial charge in [-0.15, -0.1) is 0 Å². The van der Waals surface area contributed by atoms with Crippen LogP contribution in [0.5, 0.6) is 0 Å². The molecule has 0 radical (unpaired) electrons. The van der Waals surface area contributed by atoms with Crippen LogP contribution in [0.25, 0.3) is 0 Å². The van der Waals surface area contributed by atoms with E-state index in [4.69, 9.17) is 10.5 Å². The summed E-state index contributed by atoms with van der Waals surface area (Å²) in [4.78, 5) is 0. The highest BCUT2D eigenvalue weighted by atomic mass is 32.2. The third-order valence-corrected chi connectivity index (χ3v) is 4.36. The van der Waals surface area contributed by atoms with Crippen molar-refractivity contribution in [2.75, 3.05) is 31.0 Å². The average molecular weight is 289 g/mol. The predicted octanol–water partition coefficient (Wildman–Crippen LogP) is 0.273. The highest BCUT2D eigenvalue weighted by Crippen LogP contribution is 2.17. The van der Waals surface area contributed by atoms with Gasteiger partial charge >= 0.3 is 10.2 Å². The summed E-state index contributed by atoms with van der Waals surface area (Å²) in [6.45, 7) is 1.37. The minimum atomic E-state index is -3.63. The Morgan fingerprint density at radius 3 is 2.68 bits per heavy atom. The molecule has 1 saturated heterocycles. The van der Waals surface area contributed by atoms with Gasteiger partial charge in [0, 0.05) is 25.2 Å². The number of rotatable bonds is 4. The molecule has 106 valence electrons. The zero-order chi connectivity index (χ0) is 13.9. The molecule has 0 spiro atoms. The molecule has 19 heavy (non-hydrogen) atoms. The summed E-state index contributed by atoms with van der Waals surface area (Å²) in [5, 5.41) is 0. The van der Waals surface area contributed by atoms with Gasteiger partial charge in [0.25, 0.3) is 0 Å². The molecule has 0 atom stereocenters. The fraction of sp³-hybridized carbons (Fsp3) is 0.455. The van der Waals surface area contributed by atoms with Crippen LogP contribution in [0.15, 0.2) is 18.2 Å². The standard InChI is InChI=1S/C11H16FN3O3S/c12-11-2-1-10(7-9(11)8-13)14-19(16,17)15-3-5-18-6-4-15/h1-2,7,14H,3-6,8,13H2. The first kappa shape index (κ1) is 14.2. The Kier molecular flexibility index (Phi) is 4.35. The van der Waals surface area contributed by atoms with Crippen molar-refractivity contribution in [3.05, 3.63) is 29.6 Å². The molecule has 1 aliphatic rings. The third kappa shape index (κ3) is 3.41. The first-order valence-corrected chi connectivity index (χ1v) is 7.31. The molecule has 1 aromatic carbocycles. The monoisotopic (exact) mass is 289 g/mol. The molecule has 1 fully saturated rings. The van der Waals surface area contributed by atoms with Gasteiger partial charge in [0.1, 0.15) is 5.82 Å². The van der Waals surface area contributed by atoms with Gasteiger partial charge in [-0.25, -0.2) is 4.39 Å². The molecule has 1 aliphatic heterocycles. The Morgan fingerprint density at radius 1 is 1.37 bits per heavy atom. The van der Waals surface area contributed by atoms with Crippen molar-refractivity contribution in [2.45, 2.75) is 6.54 Å².